The summed E-state index contributed by atoms with van der Waals surface area (Å²) < 4.78 is 5.38. The third-order valence-electron chi connectivity index (χ3n) is 2.58. The molecule has 0 aliphatic rings. The molecule has 1 unspecified atom stereocenters. The fourth-order valence-corrected chi connectivity index (χ4v) is 1.69. The third-order valence-corrected chi connectivity index (χ3v) is 2.58. The molecule has 2 nitrogen and oxygen atoms in total. The average Bonchev–Trinajstić information content (AvgIpc) is 2.71. The third kappa shape index (κ3) is 3.54. The minimum absolute atomic E-state index is 0.391. The predicted octanol–water partition coefficient (Wildman–Crippen LogP) is 3.51. The molecule has 0 saturated heterocycles. The maximum absolute atomic E-state index is 5.38. The van der Waals surface area contributed by atoms with Crippen LogP contribution in [0.2, 0.25) is 0 Å². The molecule has 2 heteroatoms. The van der Waals surface area contributed by atoms with Crippen LogP contribution in [0.3, 0.4) is 0 Å². The first-order valence-corrected chi connectivity index (χ1v) is 5.59. The fourth-order valence-electron chi connectivity index (χ4n) is 1.69. The molecule has 0 aliphatic carbocycles. The molecule has 0 fully saturated rings. The molecule has 0 saturated carbocycles. The number of furan rings is 1. The highest BCUT2D eigenvalue weighted by Crippen LogP contribution is 2.19. The van der Waals surface area contributed by atoms with Gasteiger partial charge in [0.25, 0.3) is 0 Å². The van der Waals surface area contributed by atoms with Crippen molar-refractivity contribution >= 4 is 0 Å². The summed E-state index contributed by atoms with van der Waals surface area (Å²) in [6.07, 6.45) is 8.16. The molecule has 1 heterocycles. The first kappa shape index (κ1) is 11.3. The lowest BCUT2D eigenvalue weighted by molar-refractivity contribution is 0.402. The van der Waals surface area contributed by atoms with Crippen LogP contribution in [-0.2, 0) is 0 Å². The topological polar surface area (TPSA) is 25.2 Å². The number of hydrogen-bond donors (Lipinski definition) is 1. The molecule has 1 aromatic rings. The van der Waals surface area contributed by atoms with E-state index in [0.717, 1.165) is 5.76 Å². The van der Waals surface area contributed by atoms with Crippen molar-refractivity contribution in [3.05, 3.63) is 24.2 Å². The molecular formula is C12H21NO. The van der Waals surface area contributed by atoms with Gasteiger partial charge in [-0.15, -0.1) is 0 Å². The van der Waals surface area contributed by atoms with Crippen molar-refractivity contribution in [1.29, 1.82) is 0 Å². The molecule has 0 radical (unpaired) electrons. The van der Waals surface area contributed by atoms with Gasteiger partial charge < -0.3 is 9.73 Å². The summed E-state index contributed by atoms with van der Waals surface area (Å²) in [5.74, 6) is 1.06. The van der Waals surface area contributed by atoms with Gasteiger partial charge in [0.2, 0.25) is 0 Å². The second-order valence-corrected chi connectivity index (χ2v) is 3.71. The van der Waals surface area contributed by atoms with Gasteiger partial charge in [-0.2, -0.15) is 0 Å². The van der Waals surface area contributed by atoms with Crippen LogP contribution in [0.4, 0.5) is 0 Å². The van der Waals surface area contributed by atoms with Gasteiger partial charge in [-0.05, 0) is 25.6 Å². The van der Waals surface area contributed by atoms with E-state index in [4.69, 9.17) is 4.42 Å². The molecule has 1 rings (SSSR count). The largest absolute Gasteiger partial charge is 0.468 e. The van der Waals surface area contributed by atoms with Crippen molar-refractivity contribution in [2.45, 2.75) is 45.1 Å². The minimum atomic E-state index is 0.391. The van der Waals surface area contributed by atoms with Crippen LogP contribution in [-0.4, -0.2) is 7.05 Å². The number of unbranched alkanes of at least 4 members (excludes halogenated alkanes) is 3. The molecule has 0 bridgehead atoms. The first-order valence-electron chi connectivity index (χ1n) is 5.59. The second kappa shape index (κ2) is 6.66. The van der Waals surface area contributed by atoms with Gasteiger partial charge in [0.1, 0.15) is 5.76 Å². The maximum atomic E-state index is 5.38. The van der Waals surface area contributed by atoms with Crippen LogP contribution in [0, 0.1) is 0 Å². The Kier molecular flexibility index (Phi) is 5.38. The zero-order valence-electron chi connectivity index (χ0n) is 9.25. The Hall–Kier alpha value is -0.760. The van der Waals surface area contributed by atoms with Crippen molar-refractivity contribution in [1.82, 2.24) is 5.32 Å². The highest BCUT2D eigenvalue weighted by molar-refractivity contribution is 5.03. The van der Waals surface area contributed by atoms with Gasteiger partial charge in [-0.1, -0.05) is 32.6 Å². The van der Waals surface area contributed by atoms with Crippen LogP contribution in [0.15, 0.2) is 22.8 Å². The normalized spacial score (nSPS) is 13.0. The SMILES string of the molecule is CCCCCCC(NC)c1ccco1. The molecule has 0 aromatic carbocycles. The highest BCUT2D eigenvalue weighted by atomic mass is 16.3. The van der Waals surface area contributed by atoms with E-state index in [1.807, 2.05) is 19.2 Å². The van der Waals surface area contributed by atoms with E-state index in [1.54, 1.807) is 6.26 Å². The number of nitrogens with one attached hydrogen (secondary N) is 1. The van der Waals surface area contributed by atoms with E-state index in [2.05, 4.69) is 12.2 Å². The summed E-state index contributed by atoms with van der Waals surface area (Å²) in [6.45, 7) is 2.24. The zero-order valence-corrected chi connectivity index (χ0v) is 9.25. The summed E-state index contributed by atoms with van der Waals surface area (Å²) in [7, 11) is 1.99. The summed E-state index contributed by atoms with van der Waals surface area (Å²) in [4.78, 5) is 0. The van der Waals surface area contributed by atoms with Crippen molar-refractivity contribution in [2.24, 2.45) is 0 Å². The van der Waals surface area contributed by atoms with E-state index in [1.165, 1.54) is 32.1 Å². The Bertz CT molecular complexity index is 218. The predicted molar refractivity (Wildman–Crippen MR) is 59.3 cm³/mol. The molecule has 14 heavy (non-hydrogen) atoms. The van der Waals surface area contributed by atoms with E-state index < -0.39 is 0 Å². The van der Waals surface area contributed by atoms with Gasteiger partial charge in [0.05, 0.1) is 12.3 Å². The minimum Gasteiger partial charge on any atom is -0.468 e. The lowest BCUT2D eigenvalue weighted by Gasteiger charge is -2.12. The molecule has 1 atom stereocenters. The van der Waals surface area contributed by atoms with Crippen molar-refractivity contribution < 1.29 is 4.42 Å². The highest BCUT2D eigenvalue weighted by Gasteiger charge is 2.10. The summed E-state index contributed by atoms with van der Waals surface area (Å²) in [5, 5.41) is 3.29. The second-order valence-electron chi connectivity index (χ2n) is 3.71. The Morgan fingerprint density at radius 3 is 2.79 bits per heavy atom. The van der Waals surface area contributed by atoms with Crippen molar-refractivity contribution in [2.75, 3.05) is 7.05 Å². The molecular weight excluding hydrogens is 174 g/mol. The maximum Gasteiger partial charge on any atom is 0.120 e. The molecule has 0 amide bonds. The summed E-state index contributed by atoms with van der Waals surface area (Å²) >= 11 is 0. The lowest BCUT2D eigenvalue weighted by atomic mass is 10.1. The Balaban J connectivity index is 2.26. The van der Waals surface area contributed by atoms with E-state index >= 15 is 0 Å². The Morgan fingerprint density at radius 2 is 2.21 bits per heavy atom. The van der Waals surface area contributed by atoms with Crippen LogP contribution in [0.25, 0.3) is 0 Å². The standard InChI is InChI=1S/C12H21NO/c1-3-4-5-6-8-11(13-2)12-9-7-10-14-12/h7,9-11,13H,3-6,8H2,1-2H3. The molecule has 1 aromatic heterocycles. The molecule has 1 N–H and O–H groups in total. The smallest absolute Gasteiger partial charge is 0.120 e. The monoisotopic (exact) mass is 195 g/mol. The van der Waals surface area contributed by atoms with E-state index in [9.17, 15) is 0 Å². The molecule has 0 spiro atoms. The number of hydrogen-bond acceptors (Lipinski definition) is 2. The van der Waals surface area contributed by atoms with E-state index in [0.29, 0.717) is 6.04 Å². The molecule has 80 valence electrons. The Morgan fingerprint density at radius 1 is 1.36 bits per heavy atom. The van der Waals surface area contributed by atoms with Crippen molar-refractivity contribution in [3.63, 3.8) is 0 Å². The first-order chi connectivity index (χ1) is 6.88. The lowest BCUT2D eigenvalue weighted by Crippen LogP contribution is -2.15. The Labute approximate surface area is 86.7 Å². The van der Waals surface area contributed by atoms with Gasteiger partial charge in [0.15, 0.2) is 0 Å². The number of rotatable bonds is 7. The average molecular weight is 195 g/mol. The van der Waals surface area contributed by atoms with Crippen LogP contribution in [0.1, 0.15) is 50.8 Å². The molecule has 0 aliphatic heterocycles. The summed E-state index contributed by atoms with van der Waals surface area (Å²) in [5.41, 5.74) is 0. The van der Waals surface area contributed by atoms with Gasteiger partial charge in [-0.25, -0.2) is 0 Å². The van der Waals surface area contributed by atoms with Gasteiger partial charge in [-0.3, -0.25) is 0 Å². The van der Waals surface area contributed by atoms with E-state index in [-0.39, 0.29) is 0 Å². The fraction of sp³-hybridized carbons (Fsp3) is 0.667. The van der Waals surface area contributed by atoms with Crippen LogP contribution in [0.5, 0.6) is 0 Å². The van der Waals surface area contributed by atoms with Gasteiger partial charge in [0, 0.05) is 0 Å². The van der Waals surface area contributed by atoms with Crippen molar-refractivity contribution in [3.8, 4) is 0 Å². The quantitative estimate of drug-likeness (QED) is 0.673. The van der Waals surface area contributed by atoms with Gasteiger partial charge >= 0.3 is 0 Å². The zero-order chi connectivity index (χ0) is 10.2. The summed E-state index contributed by atoms with van der Waals surface area (Å²) in [6, 6.07) is 4.38. The van der Waals surface area contributed by atoms with Crippen LogP contribution >= 0.6 is 0 Å². The van der Waals surface area contributed by atoms with Crippen LogP contribution < -0.4 is 5.32 Å².